The number of methoxy groups -OCH3 is 1. The minimum Gasteiger partial charge on any atom is -0.497 e. The number of Topliss-reactive ketones (excluding diaryl/α,β-unsaturated/α-hetero) is 1. The topological polar surface area (TPSA) is 166 Å². The third kappa shape index (κ3) is 7.41. The molecule has 0 bridgehead atoms. The van der Waals surface area contributed by atoms with Crippen molar-refractivity contribution >= 4 is 61.1 Å². The Balaban J connectivity index is 1.64. The van der Waals surface area contributed by atoms with Crippen LogP contribution in [0.2, 0.25) is 5.02 Å². The molecular weight excluding hydrogens is 734 g/mol. The number of hydrogen-bond acceptors (Lipinski definition) is 8. The zero-order valence-electron chi connectivity index (χ0n) is 28.6. The molecule has 0 aliphatic rings. The number of carbonyl (C=O) groups excluding carboxylic acids is 1. The van der Waals surface area contributed by atoms with E-state index in [1.165, 1.54) is 56.1 Å². The van der Waals surface area contributed by atoms with Gasteiger partial charge in [-0.3, -0.25) is 18.8 Å². The Hall–Kier alpha value is -5.87. The van der Waals surface area contributed by atoms with Gasteiger partial charge in [-0.25, -0.2) is 31.3 Å². The molecule has 1 amide bonds. The number of ether oxygens (including phenoxy) is 1. The fraction of sp³-hybridized carbons (Fsp3) is 0.194. The molecule has 0 aliphatic carbocycles. The first kappa shape index (κ1) is 36.9. The first-order valence-electron chi connectivity index (χ1n) is 15.8. The zero-order valence-corrected chi connectivity index (χ0v) is 30.2. The third-order valence-corrected chi connectivity index (χ3v) is 9.95. The Morgan fingerprint density at radius 1 is 1.02 bits per heavy atom. The maximum Gasteiger partial charge on any atom is 0.405 e. The number of nitrogens with zero attached hydrogens (tertiary/aromatic N) is 5. The average molecular weight is 765 g/mol. The normalized spacial score (nSPS) is 12.2. The smallest absolute Gasteiger partial charge is 0.405 e. The lowest BCUT2D eigenvalue weighted by atomic mass is 10.0. The highest BCUT2D eigenvalue weighted by atomic mass is 35.5. The van der Waals surface area contributed by atoms with Gasteiger partial charge in [0, 0.05) is 25.1 Å². The van der Waals surface area contributed by atoms with Crippen molar-refractivity contribution in [1.82, 2.24) is 24.6 Å². The molecule has 1 atom stereocenters. The SMILES string of the molecule is COc1ccc(CN(c2nn(C)c3c(-n4c(C(Cc5cc(F)cc(F)c5)NC(=O)O)nc5cc(C(C)=O)ccc5c4=O)ccc(Cl)c23)S(C)(=O)=O)cc1. The Kier molecular flexibility index (Phi) is 9.94. The largest absolute Gasteiger partial charge is 0.497 e. The van der Waals surface area contributed by atoms with E-state index in [0.717, 1.165) is 27.3 Å². The maximum absolute atomic E-state index is 14.6. The minimum absolute atomic E-state index is 0.0473. The summed E-state index contributed by atoms with van der Waals surface area (Å²) in [6, 6.07) is 15.2. The lowest BCUT2D eigenvalue weighted by Gasteiger charge is -2.23. The molecule has 53 heavy (non-hydrogen) atoms. The van der Waals surface area contributed by atoms with E-state index in [2.05, 4.69) is 15.4 Å². The van der Waals surface area contributed by atoms with Crippen LogP contribution >= 0.6 is 11.6 Å². The molecule has 0 radical (unpaired) electrons. The fourth-order valence-corrected chi connectivity index (χ4v) is 7.21. The molecule has 6 rings (SSSR count). The molecule has 4 aromatic carbocycles. The predicted octanol–water partition coefficient (Wildman–Crippen LogP) is 5.93. The predicted molar refractivity (Wildman–Crippen MR) is 195 cm³/mol. The molecule has 0 aliphatic heterocycles. The number of ketones is 1. The lowest BCUT2D eigenvalue weighted by molar-refractivity contribution is 0.101. The Bertz CT molecular complexity index is 2590. The van der Waals surface area contributed by atoms with E-state index in [4.69, 9.17) is 16.3 Å². The summed E-state index contributed by atoms with van der Waals surface area (Å²) in [5.74, 6) is -1.83. The van der Waals surface area contributed by atoms with Gasteiger partial charge in [-0.15, -0.1) is 0 Å². The number of halogens is 3. The van der Waals surface area contributed by atoms with Crippen LogP contribution in [-0.2, 0) is 30.0 Å². The molecule has 1 unspecified atom stereocenters. The van der Waals surface area contributed by atoms with Crippen LogP contribution in [0.3, 0.4) is 0 Å². The van der Waals surface area contributed by atoms with Crippen LogP contribution in [0.4, 0.5) is 19.4 Å². The number of amides is 1. The van der Waals surface area contributed by atoms with E-state index in [9.17, 15) is 36.7 Å². The van der Waals surface area contributed by atoms with Crippen molar-refractivity contribution in [2.45, 2.75) is 25.9 Å². The number of carboxylic acid groups (broad SMARTS) is 1. The van der Waals surface area contributed by atoms with Crippen molar-refractivity contribution in [2.75, 3.05) is 17.7 Å². The van der Waals surface area contributed by atoms with Gasteiger partial charge < -0.3 is 15.2 Å². The van der Waals surface area contributed by atoms with Crippen molar-refractivity contribution in [2.24, 2.45) is 7.05 Å². The third-order valence-electron chi connectivity index (χ3n) is 8.53. The number of nitrogens with one attached hydrogen (secondary N) is 1. The number of sulfonamides is 1. The van der Waals surface area contributed by atoms with Gasteiger partial charge in [0.2, 0.25) is 10.0 Å². The number of fused-ring (bicyclic) bond motifs is 2. The molecule has 2 aromatic heterocycles. The molecular formula is C36H31ClF2N6O7S. The summed E-state index contributed by atoms with van der Waals surface area (Å²) >= 11 is 6.77. The molecule has 2 N–H and O–H groups in total. The second-order valence-corrected chi connectivity index (χ2v) is 14.6. The number of aryl methyl sites for hydroxylation is 1. The second-order valence-electron chi connectivity index (χ2n) is 12.2. The number of benzene rings is 4. The minimum atomic E-state index is -4.01. The van der Waals surface area contributed by atoms with Gasteiger partial charge in [0.05, 0.1) is 58.5 Å². The molecule has 2 heterocycles. The number of rotatable bonds is 11. The van der Waals surface area contributed by atoms with Crippen molar-refractivity contribution in [1.29, 1.82) is 0 Å². The van der Waals surface area contributed by atoms with Crippen molar-refractivity contribution in [3.63, 3.8) is 0 Å². The first-order chi connectivity index (χ1) is 25.0. The molecule has 0 spiro atoms. The van der Waals surface area contributed by atoms with Gasteiger partial charge in [0.25, 0.3) is 5.56 Å². The molecule has 274 valence electrons. The Labute approximate surface area is 306 Å². The van der Waals surface area contributed by atoms with Crippen LogP contribution in [0, 0.1) is 11.6 Å². The van der Waals surface area contributed by atoms with E-state index in [-0.39, 0.29) is 74.0 Å². The van der Waals surface area contributed by atoms with E-state index < -0.39 is 39.4 Å². The van der Waals surface area contributed by atoms with Crippen molar-refractivity contribution in [3.8, 4) is 11.4 Å². The van der Waals surface area contributed by atoms with E-state index >= 15 is 0 Å². The highest BCUT2D eigenvalue weighted by Crippen LogP contribution is 2.38. The number of hydrogen-bond donors (Lipinski definition) is 2. The Morgan fingerprint density at radius 2 is 1.70 bits per heavy atom. The zero-order chi connectivity index (χ0) is 38.4. The highest BCUT2D eigenvalue weighted by Gasteiger charge is 2.30. The van der Waals surface area contributed by atoms with E-state index in [1.807, 2.05) is 0 Å². The van der Waals surface area contributed by atoms with Crippen LogP contribution < -0.4 is 19.9 Å². The second kappa shape index (κ2) is 14.3. The number of aromatic nitrogens is 4. The maximum atomic E-state index is 14.6. The summed E-state index contributed by atoms with van der Waals surface area (Å²) in [6.45, 7) is 1.18. The monoisotopic (exact) mass is 764 g/mol. The quantitative estimate of drug-likeness (QED) is 0.152. The summed E-state index contributed by atoms with van der Waals surface area (Å²) in [5.41, 5.74) is 0.475. The summed E-state index contributed by atoms with van der Waals surface area (Å²) in [5, 5.41) is 17.1. The van der Waals surface area contributed by atoms with Crippen molar-refractivity contribution < 1.29 is 36.6 Å². The molecule has 0 saturated carbocycles. The van der Waals surface area contributed by atoms with Gasteiger partial charge in [-0.2, -0.15) is 5.10 Å². The Morgan fingerprint density at radius 3 is 2.30 bits per heavy atom. The fourth-order valence-electron chi connectivity index (χ4n) is 6.15. The number of anilines is 1. The van der Waals surface area contributed by atoms with Gasteiger partial charge in [-0.05, 0) is 66.6 Å². The summed E-state index contributed by atoms with van der Waals surface area (Å²) in [4.78, 5) is 43.7. The molecule has 0 saturated heterocycles. The van der Waals surface area contributed by atoms with Gasteiger partial charge in [0.1, 0.15) is 23.2 Å². The summed E-state index contributed by atoms with van der Waals surface area (Å²) < 4.78 is 64.0. The molecule has 13 nitrogen and oxygen atoms in total. The summed E-state index contributed by atoms with van der Waals surface area (Å²) in [6.07, 6.45) is -0.878. The number of carbonyl (C=O) groups is 2. The van der Waals surface area contributed by atoms with E-state index in [0.29, 0.717) is 17.4 Å². The first-order valence-corrected chi connectivity index (χ1v) is 18.1. The van der Waals surface area contributed by atoms with Gasteiger partial charge in [0.15, 0.2) is 11.6 Å². The molecule has 6 aromatic rings. The van der Waals surface area contributed by atoms with Crippen LogP contribution in [-0.4, -0.2) is 58.1 Å². The van der Waals surface area contributed by atoms with Gasteiger partial charge >= 0.3 is 6.09 Å². The highest BCUT2D eigenvalue weighted by molar-refractivity contribution is 7.92. The molecule has 0 fully saturated rings. The van der Waals surface area contributed by atoms with Crippen LogP contribution in [0.1, 0.15) is 40.3 Å². The van der Waals surface area contributed by atoms with Crippen LogP contribution in [0.25, 0.3) is 27.5 Å². The average Bonchev–Trinajstić information content (AvgIpc) is 3.43. The van der Waals surface area contributed by atoms with Crippen molar-refractivity contribution in [3.05, 3.63) is 122 Å². The summed E-state index contributed by atoms with van der Waals surface area (Å²) in [7, 11) is -0.988. The lowest BCUT2D eigenvalue weighted by Crippen LogP contribution is -2.35. The molecule has 17 heteroatoms. The standard InChI is InChI=1S/C36H31ClF2N6O7S/c1-19(46)22-7-10-26-28(16-22)40-33(29(41-36(48)49)15-21-13-23(38)17-24(39)14-21)45(35(26)47)30-12-11-27(37)31-32(30)43(2)42-34(31)44(53(4,50)51)18-20-5-8-25(52-3)9-6-20/h5-14,16-17,29,41H,15,18H2,1-4H3,(H,48,49). The van der Waals surface area contributed by atoms with Gasteiger partial charge in [-0.1, -0.05) is 29.8 Å². The van der Waals surface area contributed by atoms with Crippen LogP contribution in [0.5, 0.6) is 5.75 Å². The van der Waals surface area contributed by atoms with E-state index in [1.54, 1.807) is 24.3 Å². The van der Waals surface area contributed by atoms with Crippen LogP contribution in [0.15, 0.2) is 77.6 Å².